The van der Waals surface area contributed by atoms with Crippen molar-refractivity contribution in [2.75, 3.05) is 13.1 Å². The third-order valence-electron chi connectivity index (χ3n) is 3.93. The molecule has 0 radical (unpaired) electrons. The normalized spacial score (nSPS) is 17.5. The van der Waals surface area contributed by atoms with E-state index in [4.69, 9.17) is 0 Å². The van der Waals surface area contributed by atoms with Crippen LogP contribution >= 0.6 is 0 Å². The van der Waals surface area contributed by atoms with E-state index < -0.39 is 16.4 Å². The van der Waals surface area contributed by atoms with Crippen molar-refractivity contribution in [3.05, 3.63) is 33.9 Å². The van der Waals surface area contributed by atoms with Crippen LogP contribution in [0.25, 0.3) is 0 Å². The van der Waals surface area contributed by atoms with E-state index in [0.717, 1.165) is 25.0 Å². The number of hydrogen-bond acceptors (Lipinski definition) is 5. The lowest BCUT2D eigenvalue weighted by Gasteiger charge is -2.33. The highest BCUT2D eigenvalue weighted by Gasteiger charge is 2.27. The molecule has 2 rings (SSSR count). The number of phenols is 1. The van der Waals surface area contributed by atoms with Crippen LogP contribution in [-0.2, 0) is 0 Å². The zero-order valence-electron chi connectivity index (χ0n) is 11.7. The number of nitro groups is 1. The van der Waals surface area contributed by atoms with E-state index in [0.29, 0.717) is 13.1 Å². The van der Waals surface area contributed by atoms with Crippen LogP contribution in [0.4, 0.5) is 5.69 Å². The maximum absolute atomic E-state index is 12.3. The average molecular weight is 294 g/mol. The van der Waals surface area contributed by atoms with E-state index in [1.54, 1.807) is 11.8 Å². The predicted octanol–water partition coefficient (Wildman–Crippen LogP) is 1.53. The number of amides is 1. The molecule has 1 aromatic rings. The number of nitrogens with zero attached hydrogens (tertiary/aromatic N) is 2. The van der Waals surface area contributed by atoms with Crippen LogP contribution in [0.15, 0.2) is 18.2 Å². The van der Waals surface area contributed by atoms with Gasteiger partial charge in [0, 0.05) is 24.7 Å². The van der Waals surface area contributed by atoms with Crippen LogP contribution in [0, 0.1) is 16.0 Å². The predicted molar refractivity (Wildman–Crippen MR) is 75.1 cm³/mol. The minimum absolute atomic E-state index is 0.194. The molecule has 0 aliphatic carbocycles. The van der Waals surface area contributed by atoms with E-state index in [1.165, 1.54) is 6.07 Å². The largest absolute Gasteiger partial charge is 0.502 e. The number of benzene rings is 1. The molecule has 0 saturated carbocycles. The number of aromatic hydroxyl groups is 1. The number of aliphatic hydroxyl groups excluding tert-OH is 1. The van der Waals surface area contributed by atoms with Gasteiger partial charge in [0.15, 0.2) is 5.75 Å². The molecule has 1 atom stereocenters. The SMILES string of the molecule is CC(O)C1CCN(C(=O)c2ccc([N+](=O)[O-])c(O)c2)CC1. The van der Waals surface area contributed by atoms with Crippen molar-refractivity contribution in [3.63, 3.8) is 0 Å². The van der Waals surface area contributed by atoms with Crippen LogP contribution in [0.2, 0.25) is 0 Å². The molecule has 1 amide bonds. The summed E-state index contributed by atoms with van der Waals surface area (Å²) in [6.07, 6.45) is 1.07. The molecule has 1 aromatic carbocycles. The molecule has 1 aliphatic rings. The molecule has 1 unspecified atom stereocenters. The molecule has 0 spiro atoms. The van der Waals surface area contributed by atoms with Gasteiger partial charge in [0.1, 0.15) is 0 Å². The fourth-order valence-electron chi connectivity index (χ4n) is 2.58. The summed E-state index contributed by atoms with van der Waals surface area (Å²) < 4.78 is 0. The minimum Gasteiger partial charge on any atom is -0.502 e. The second-order valence-corrected chi connectivity index (χ2v) is 5.33. The molecular formula is C14H18N2O5. The Morgan fingerprint density at radius 1 is 1.43 bits per heavy atom. The molecule has 21 heavy (non-hydrogen) atoms. The van der Waals surface area contributed by atoms with Crippen molar-refractivity contribution in [3.8, 4) is 5.75 Å². The number of likely N-dealkylation sites (tertiary alicyclic amines) is 1. The van der Waals surface area contributed by atoms with Gasteiger partial charge in [0.25, 0.3) is 5.91 Å². The molecule has 114 valence electrons. The number of rotatable bonds is 3. The summed E-state index contributed by atoms with van der Waals surface area (Å²) in [5.74, 6) is -0.576. The summed E-state index contributed by atoms with van der Waals surface area (Å²) in [6.45, 7) is 2.81. The van der Waals surface area contributed by atoms with Crippen molar-refractivity contribution < 1.29 is 19.9 Å². The number of phenolic OH excluding ortho intramolecular Hbond substituents is 1. The van der Waals surface area contributed by atoms with E-state index in [1.807, 2.05) is 0 Å². The highest BCUT2D eigenvalue weighted by atomic mass is 16.6. The zero-order valence-corrected chi connectivity index (χ0v) is 11.7. The Bertz CT molecular complexity index is 550. The first-order valence-corrected chi connectivity index (χ1v) is 6.85. The number of carbonyl (C=O) groups is 1. The lowest BCUT2D eigenvalue weighted by atomic mass is 9.92. The van der Waals surface area contributed by atoms with E-state index in [9.17, 15) is 25.1 Å². The highest BCUT2D eigenvalue weighted by Crippen LogP contribution is 2.28. The summed E-state index contributed by atoms with van der Waals surface area (Å²) in [6, 6.07) is 3.60. The van der Waals surface area contributed by atoms with E-state index in [-0.39, 0.29) is 23.5 Å². The fraction of sp³-hybridized carbons (Fsp3) is 0.500. The molecule has 7 nitrogen and oxygen atoms in total. The maximum atomic E-state index is 12.3. The maximum Gasteiger partial charge on any atom is 0.310 e. The second kappa shape index (κ2) is 6.09. The van der Waals surface area contributed by atoms with Gasteiger partial charge in [-0.25, -0.2) is 0 Å². The van der Waals surface area contributed by atoms with Crippen LogP contribution in [0.5, 0.6) is 5.75 Å². The van der Waals surface area contributed by atoms with Crippen LogP contribution in [0.3, 0.4) is 0 Å². The standard InChI is InChI=1S/C14H18N2O5/c1-9(17)10-4-6-15(7-5-10)14(19)11-2-3-12(16(20)21)13(18)8-11/h2-3,8-10,17-18H,4-7H2,1H3. The van der Waals surface area contributed by atoms with Gasteiger partial charge in [0.05, 0.1) is 11.0 Å². The monoisotopic (exact) mass is 294 g/mol. The lowest BCUT2D eigenvalue weighted by molar-refractivity contribution is -0.385. The molecular weight excluding hydrogens is 276 g/mol. The molecule has 1 saturated heterocycles. The third-order valence-corrected chi connectivity index (χ3v) is 3.93. The van der Waals surface area contributed by atoms with Gasteiger partial charge in [-0.15, -0.1) is 0 Å². The molecule has 1 aliphatic heterocycles. The first-order valence-electron chi connectivity index (χ1n) is 6.85. The summed E-state index contributed by atoms with van der Waals surface area (Å²) in [5.41, 5.74) is -0.187. The Hall–Kier alpha value is -2.15. The smallest absolute Gasteiger partial charge is 0.310 e. The Balaban J connectivity index is 2.08. The lowest BCUT2D eigenvalue weighted by Crippen LogP contribution is -2.40. The topological polar surface area (TPSA) is 104 Å². The first-order chi connectivity index (χ1) is 9.90. The summed E-state index contributed by atoms with van der Waals surface area (Å²) in [5, 5.41) is 29.7. The van der Waals surface area contributed by atoms with Crippen molar-refractivity contribution in [1.82, 2.24) is 4.90 Å². The minimum atomic E-state index is -0.697. The van der Waals surface area contributed by atoms with Crippen molar-refractivity contribution >= 4 is 11.6 Å². The van der Waals surface area contributed by atoms with Gasteiger partial charge < -0.3 is 15.1 Å². The van der Waals surface area contributed by atoms with Crippen LogP contribution < -0.4 is 0 Å². The fourth-order valence-corrected chi connectivity index (χ4v) is 2.58. The number of aliphatic hydroxyl groups is 1. The Morgan fingerprint density at radius 3 is 2.52 bits per heavy atom. The second-order valence-electron chi connectivity index (χ2n) is 5.33. The van der Waals surface area contributed by atoms with E-state index in [2.05, 4.69) is 0 Å². The Labute approximate surface area is 122 Å². The molecule has 1 heterocycles. The van der Waals surface area contributed by atoms with Crippen molar-refractivity contribution in [2.45, 2.75) is 25.9 Å². The molecule has 1 fully saturated rings. The average Bonchev–Trinajstić information content (AvgIpc) is 2.46. The summed E-state index contributed by atoms with van der Waals surface area (Å²) in [4.78, 5) is 23.9. The van der Waals surface area contributed by atoms with Crippen LogP contribution in [-0.4, -0.2) is 45.1 Å². The number of hydrogen-bond donors (Lipinski definition) is 2. The summed E-state index contributed by atoms with van der Waals surface area (Å²) >= 11 is 0. The van der Waals surface area contributed by atoms with E-state index >= 15 is 0 Å². The molecule has 2 N–H and O–H groups in total. The van der Waals surface area contributed by atoms with Crippen LogP contribution in [0.1, 0.15) is 30.1 Å². The molecule has 7 heteroatoms. The van der Waals surface area contributed by atoms with Gasteiger partial charge in [-0.05, 0) is 37.8 Å². The first kappa shape index (κ1) is 15.2. The Morgan fingerprint density at radius 2 is 2.05 bits per heavy atom. The number of piperidine rings is 1. The van der Waals surface area contributed by atoms with Gasteiger partial charge in [-0.1, -0.05) is 0 Å². The summed E-state index contributed by atoms with van der Waals surface area (Å²) in [7, 11) is 0. The van der Waals surface area contributed by atoms with Crippen molar-refractivity contribution in [2.24, 2.45) is 5.92 Å². The van der Waals surface area contributed by atoms with Gasteiger partial charge in [-0.3, -0.25) is 14.9 Å². The quantitative estimate of drug-likeness (QED) is 0.650. The molecule has 0 aromatic heterocycles. The van der Waals surface area contributed by atoms with Gasteiger partial charge in [-0.2, -0.15) is 0 Å². The molecule has 0 bridgehead atoms. The zero-order chi connectivity index (χ0) is 15.6. The number of nitro benzene ring substituents is 1. The highest BCUT2D eigenvalue weighted by molar-refractivity contribution is 5.95. The van der Waals surface area contributed by atoms with Crippen molar-refractivity contribution in [1.29, 1.82) is 0 Å². The number of carbonyl (C=O) groups excluding carboxylic acids is 1. The third kappa shape index (κ3) is 3.30. The van der Waals surface area contributed by atoms with Gasteiger partial charge in [0.2, 0.25) is 0 Å². The Kier molecular flexibility index (Phi) is 4.42. The van der Waals surface area contributed by atoms with Gasteiger partial charge >= 0.3 is 5.69 Å².